The lowest BCUT2D eigenvalue weighted by Crippen LogP contribution is -2.52. The highest BCUT2D eigenvalue weighted by Crippen LogP contribution is 2.47. The van der Waals surface area contributed by atoms with Crippen LogP contribution in [0.2, 0.25) is 0 Å². The number of esters is 1. The molecule has 1 saturated heterocycles. The molecule has 4 nitrogen and oxygen atoms in total. The zero-order valence-electron chi connectivity index (χ0n) is 11.2. The van der Waals surface area contributed by atoms with Crippen molar-refractivity contribution in [2.75, 3.05) is 7.11 Å². The molecule has 0 aromatic heterocycles. The van der Waals surface area contributed by atoms with Gasteiger partial charge < -0.3 is 14.6 Å². The largest absolute Gasteiger partial charge is 0.453 e. The van der Waals surface area contributed by atoms with E-state index in [0.717, 1.165) is 16.7 Å². The van der Waals surface area contributed by atoms with Gasteiger partial charge in [0.2, 0.25) is 0 Å². The fraction of sp³-hybridized carbons (Fsp3) is 0.533. The fourth-order valence-electron chi connectivity index (χ4n) is 3.30. The van der Waals surface area contributed by atoms with Crippen LogP contribution in [0.15, 0.2) is 18.2 Å². The van der Waals surface area contributed by atoms with Crippen molar-refractivity contribution in [2.45, 2.75) is 44.0 Å². The van der Waals surface area contributed by atoms with Gasteiger partial charge in [0.15, 0.2) is 5.60 Å². The third-order valence-electron chi connectivity index (χ3n) is 4.31. The number of aliphatic hydroxyl groups is 1. The summed E-state index contributed by atoms with van der Waals surface area (Å²) in [6, 6.07) is 5.96. The zero-order valence-corrected chi connectivity index (χ0v) is 11.2. The number of fused-ring (bicyclic) bond motifs is 1. The first-order chi connectivity index (χ1) is 9.06. The van der Waals surface area contributed by atoms with Crippen molar-refractivity contribution in [1.29, 1.82) is 0 Å². The number of ether oxygens (including phenoxy) is 2. The van der Waals surface area contributed by atoms with E-state index >= 15 is 0 Å². The van der Waals surface area contributed by atoms with Crippen LogP contribution in [0.3, 0.4) is 0 Å². The zero-order chi connectivity index (χ0) is 13.6. The number of methoxy groups -OCH3 is 1. The van der Waals surface area contributed by atoms with Crippen molar-refractivity contribution < 1.29 is 19.4 Å². The molecular formula is C15H18O4. The average molecular weight is 262 g/mol. The third-order valence-corrected chi connectivity index (χ3v) is 4.31. The monoisotopic (exact) mass is 262 g/mol. The molecule has 1 fully saturated rings. The van der Waals surface area contributed by atoms with Gasteiger partial charge in [-0.05, 0) is 18.1 Å². The van der Waals surface area contributed by atoms with E-state index in [-0.39, 0.29) is 12.1 Å². The first-order valence-electron chi connectivity index (χ1n) is 6.59. The van der Waals surface area contributed by atoms with E-state index in [9.17, 15) is 9.90 Å². The van der Waals surface area contributed by atoms with Gasteiger partial charge in [0.1, 0.15) is 12.2 Å². The molecule has 1 spiro atoms. The van der Waals surface area contributed by atoms with Crippen LogP contribution in [0.5, 0.6) is 0 Å². The van der Waals surface area contributed by atoms with Crippen molar-refractivity contribution in [1.82, 2.24) is 0 Å². The predicted molar refractivity (Wildman–Crippen MR) is 68.7 cm³/mol. The Morgan fingerprint density at radius 2 is 2.26 bits per heavy atom. The fourth-order valence-corrected chi connectivity index (χ4v) is 3.30. The standard InChI is InChI=1S/C15H18O4/c1-9-3-4-11-10(7-9)8-12(18-2)15(14(11)17)6-5-13(16)19-15/h3-4,7,12,14,17H,5-6,8H2,1-2H3/t12?,14?,15-/m0/s1. The Morgan fingerprint density at radius 3 is 2.89 bits per heavy atom. The van der Waals surface area contributed by atoms with Crippen LogP contribution >= 0.6 is 0 Å². The van der Waals surface area contributed by atoms with E-state index in [0.29, 0.717) is 19.3 Å². The Bertz CT molecular complexity index is 525. The summed E-state index contributed by atoms with van der Waals surface area (Å²) < 4.78 is 11.0. The molecule has 1 aromatic carbocycles. The van der Waals surface area contributed by atoms with E-state index < -0.39 is 11.7 Å². The van der Waals surface area contributed by atoms with Crippen molar-refractivity contribution in [3.05, 3.63) is 34.9 Å². The molecule has 0 amide bonds. The SMILES string of the molecule is COC1Cc2cc(C)ccc2C(O)[C@]12CCC(=O)O2. The molecule has 1 N–H and O–H groups in total. The van der Waals surface area contributed by atoms with Gasteiger partial charge in [-0.3, -0.25) is 4.79 Å². The molecule has 1 aliphatic carbocycles. The van der Waals surface area contributed by atoms with Crippen LogP contribution in [-0.4, -0.2) is 29.9 Å². The molecule has 1 heterocycles. The first-order valence-corrected chi connectivity index (χ1v) is 6.59. The van der Waals surface area contributed by atoms with Gasteiger partial charge in [0, 0.05) is 26.4 Å². The second kappa shape index (κ2) is 4.32. The van der Waals surface area contributed by atoms with E-state index in [1.807, 2.05) is 19.1 Å². The van der Waals surface area contributed by atoms with Crippen LogP contribution in [0.25, 0.3) is 0 Å². The van der Waals surface area contributed by atoms with E-state index in [4.69, 9.17) is 9.47 Å². The minimum atomic E-state index is -0.909. The van der Waals surface area contributed by atoms with Gasteiger partial charge in [-0.25, -0.2) is 0 Å². The summed E-state index contributed by atoms with van der Waals surface area (Å²) in [4.78, 5) is 11.5. The number of hydrogen-bond donors (Lipinski definition) is 1. The summed E-state index contributed by atoms with van der Waals surface area (Å²) in [7, 11) is 1.60. The Hall–Kier alpha value is -1.39. The molecule has 0 saturated carbocycles. The average Bonchev–Trinajstić information content (AvgIpc) is 2.77. The van der Waals surface area contributed by atoms with E-state index in [1.54, 1.807) is 7.11 Å². The van der Waals surface area contributed by atoms with Crippen LogP contribution < -0.4 is 0 Å². The summed E-state index contributed by atoms with van der Waals surface area (Å²) in [5, 5.41) is 10.7. The van der Waals surface area contributed by atoms with Crippen molar-refractivity contribution in [3.8, 4) is 0 Å². The molecule has 3 atom stereocenters. The minimum absolute atomic E-state index is 0.253. The Labute approximate surface area is 112 Å². The maximum atomic E-state index is 11.5. The summed E-state index contributed by atoms with van der Waals surface area (Å²) >= 11 is 0. The second-order valence-corrected chi connectivity index (χ2v) is 5.46. The number of carbonyl (C=O) groups is 1. The lowest BCUT2D eigenvalue weighted by Gasteiger charge is -2.43. The van der Waals surface area contributed by atoms with Gasteiger partial charge in [-0.2, -0.15) is 0 Å². The maximum Gasteiger partial charge on any atom is 0.306 e. The number of aryl methyl sites for hydroxylation is 1. The van der Waals surface area contributed by atoms with Crippen molar-refractivity contribution >= 4 is 5.97 Å². The van der Waals surface area contributed by atoms with Gasteiger partial charge in [0.05, 0.1) is 0 Å². The molecule has 19 heavy (non-hydrogen) atoms. The van der Waals surface area contributed by atoms with Crippen LogP contribution in [0, 0.1) is 6.92 Å². The second-order valence-electron chi connectivity index (χ2n) is 5.46. The molecule has 0 radical (unpaired) electrons. The minimum Gasteiger partial charge on any atom is -0.453 e. The Morgan fingerprint density at radius 1 is 1.47 bits per heavy atom. The molecule has 102 valence electrons. The van der Waals surface area contributed by atoms with Gasteiger partial charge in [-0.15, -0.1) is 0 Å². The predicted octanol–water partition coefficient (Wildman–Crippen LogP) is 1.68. The summed E-state index contributed by atoms with van der Waals surface area (Å²) in [5.41, 5.74) is 2.18. The van der Waals surface area contributed by atoms with E-state index in [1.165, 1.54) is 0 Å². The van der Waals surface area contributed by atoms with Gasteiger partial charge in [-0.1, -0.05) is 23.8 Å². The summed E-state index contributed by atoms with van der Waals surface area (Å²) in [6.45, 7) is 2.02. The number of aliphatic hydroxyl groups excluding tert-OH is 1. The molecular weight excluding hydrogens is 244 g/mol. The summed E-state index contributed by atoms with van der Waals surface area (Å²) in [5.74, 6) is -0.253. The van der Waals surface area contributed by atoms with Crippen LogP contribution in [-0.2, 0) is 20.7 Å². The maximum absolute atomic E-state index is 11.5. The van der Waals surface area contributed by atoms with E-state index in [2.05, 4.69) is 6.07 Å². The lowest BCUT2D eigenvalue weighted by atomic mass is 9.74. The Balaban J connectivity index is 2.07. The molecule has 3 rings (SSSR count). The molecule has 1 aromatic rings. The Kier molecular flexibility index (Phi) is 2.87. The molecule has 2 unspecified atom stereocenters. The van der Waals surface area contributed by atoms with Crippen LogP contribution in [0.1, 0.15) is 35.6 Å². The van der Waals surface area contributed by atoms with Gasteiger partial charge in [0.25, 0.3) is 0 Å². The molecule has 1 aliphatic heterocycles. The molecule has 0 bridgehead atoms. The topological polar surface area (TPSA) is 55.8 Å². The smallest absolute Gasteiger partial charge is 0.306 e. The molecule has 4 heteroatoms. The van der Waals surface area contributed by atoms with Crippen molar-refractivity contribution in [2.24, 2.45) is 0 Å². The number of carbonyl (C=O) groups excluding carboxylic acids is 1. The quantitative estimate of drug-likeness (QED) is 0.782. The van der Waals surface area contributed by atoms with Gasteiger partial charge >= 0.3 is 5.97 Å². The highest BCUT2D eigenvalue weighted by molar-refractivity contribution is 5.73. The van der Waals surface area contributed by atoms with Crippen LogP contribution in [0.4, 0.5) is 0 Å². The third kappa shape index (κ3) is 1.78. The first kappa shape index (κ1) is 12.6. The number of rotatable bonds is 1. The normalized spacial score (nSPS) is 33.3. The highest BCUT2D eigenvalue weighted by Gasteiger charge is 2.56. The summed E-state index contributed by atoms with van der Waals surface area (Å²) in [6.07, 6.45) is 0.422. The number of benzene rings is 1. The highest BCUT2D eigenvalue weighted by atomic mass is 16.6. The van der Waals surface area contributed by atoms with Crippen molar-refractivity contribution in [3.63, 3.8) is 0 Å². The lowest BCUT2D eigenvalue weighted by molar-refractivity contribution is -0.187. The number of hydrogen-bond acceptors (Lipinski definition) is 4. The molecule has 2 aliphatic rings.